The quantitative estimate of drug-likeness (QED) is 0.812. The Morgan fingerprint density at radius 2 is 2.19 bits per heavy atom. The van der Waals surface area contributed by atoms with Gasteiger partial charge in [-0.2, -0.15) is 4.98 Å². The molecule has 82 valence electrons. The van der Waals surface area contributed by atoms with Gasteiger partial charge in [-0.15, -0.1) is 0 Å². The van der Waals surface area contributed by atoms with E-state index >= 15 is 0 Å². The molecule has 3 N–H and O–H groups in total. The van der Waals surface area contributed by atoms with Crippen molar-refractivity contribution in [3.63, 3.8) is 0 Å². The van der Waals surface area contributed by atoms with Crippen molar-refractivity contribution in [3.8, 4) is 11.3 Å². The largest absolute Gasteiger partial charge is 0.383 e. The number of hydrogen-bond acceptors (Lipinski definition) is 5. The molecular weight excluding hydrogens is 202 g/mol. The number of nitrogens with two attached hydrogens (primary N) is 1. The van der Waals surface area contributed by atoms with Crippen LogP contribution >= 0.6 is 0 Å². The van der Waals surface area contributed by atoms with Crippen LogP contribution in [0.15, 0.2) is 30.6 Å². The Balaban J connectivity index is 2.37. The summed E-state index contributed by atoms with van der Waals surface area (Å²) < 4.78 is 0. The summed E-state index contributed by atoms with van der Waals surface area (Å²) in [7, 11) is 0. The Morgan fingerprint density at radius 1 is 1.31 bits per heavy atom. The summed E-state index contributed by atoms with van der Waals surface area (Å²) in [6, 6.07) is 5.63. The first-order valence-corrected chi connectivity index (χ1v) is 5.09. The molecule has 5 heteroatoms. The van der Waals surface area contributed by atoms with Gasteiger partial charge in [0.1, 0.15) is 5.82 Å². The highest BCUT2D eigenvalue weighted by Gasteiger charge is 2.06. The van der Waals surface area contributed by atoms with Crippen LogP contribution in [0.25, 0.3) is 11.3 Å². The fourth-order valence-corrected chi connectivity index (χ4v) is 1.36. The predicted octanol–water partition coefficient (Wildman–Crippen LogP) is 1.55. The van der Waals surface area contributed by atoms with Crippen molar-refractivity contribution in [2.45, 2.75) is 6.92 Å². The summed E-state index contributed by atoms with van der Waals surface area (Å²) in [6.07, 6.45) is 3.40. The Kier molecular flexibility index (Phi) is 2.95. The van der Waals surface area contributed by atoms with Crippen LogP contribution in [0.2, 0.25) is 0 Å². The van der Waals surface area contributed by atoms with Crippen LogP contribution in [0.1, 0.15) is 6.92 Å². The van der Waals surface area contributed by atoms with Gasteiger partial charge in [0.2, 0.25) is 5.95 Å². The van der Waals surface area contributed by atoms with Gasteiger partial charge in [0.25, 0.3) is 0 Å². The number of anilines is 2. The molecule has 0 aliphatic carbocycles. The van der Waals surface area contributed by atoms with Crippen LogP contribution < -0.4 is 11.1 Å². The summed E-state index contributed by atoms with van der Waals surface area (Å²) in [6.45, 7) is 2.74. The number of nitrogens with one attached hydrogen (secondary N) is 1. The van der Waals surface area contributed by atoms with Crippen LogP contribution in [0, 0.1) is 0 Å². The van der Waals surface area contributed by atoms with E-state index in [4.69, 9.17) is 5.73 Å². The van der Waals surface area contributed by atoms with Gasteiger partial charge in [-0.3, -0.25) is 4.98 Å². The summed E-state index contributed by atoms with van der Waals surface area (Å²) in [5.41, 5.74) is 7.39. The summed E-state index contributed by atoms with van der Waals surface area (Å²) in [4.78, 5) is 12.5. The van der Waals surface area contributed by atoms with E-state index in [1.807, 2.05) is 25.1 Å². The molecule has 0 atom stereocenters. The molecule has 0 amide bonds. The molecule has 0 unspecified atom stereocenters. The van der Waals surface area contributed by atoms with Gasteiger partial charge in [0, 0.05) is 18.9 Å². The van der Waals surface area contributed by atoms with Crippen LogP contribution in [0.5, 0.6) is 0 Å². The number of nitrogen functional groups attached to an aromatic ring is 1. The van der Waals surface area contributed by atoms with Gasteiger partial charge in [-0.05, 0) is 19.1 Å². The first kappa shape index (κ1) is 10.4. The zero-order valence-corrected chi connectivity index (χ0v) is 9.01. The predicted molar refractivity (Wildman–Crippen MR) is 63.8 cm³/mol. The van der Waals surface area contributed by atoms with E-state index in [1.165, 1.54) is 0 Å². The van der Waals surface area contributed by atoms with Crippen LogP contribution in [0.4, 0.5) is 11.8 Å². The standard InChI is InChI=1S/C11H13N5/c1-2-13-11-15-7-8(10(12)16-11)9-5-3-4-6-14-9/h3-7H,2H2,1H3,(H3,12,13,15,16). The third-order valence-corrected chi connectivity index (χ3v) is 2.09. The lowest BCUT2D eigenvalue weighted by Gasteiger charge is -2.06. The Morgan fingerprint density at radius 3 is 2.81 bits per heavy atom. The molecule has 0 aromatic carbocycles. The molecule has 2 aromatic rings. The average Bonchev–Trinajstić information content (AvgIpc) is 2.31. The first-order chi connectivity index (χ1) is 7.81. The molecule has 0 aliphatic rings. The van der Waals surface area contributed by atoms with Crippen LogP contribution in [-0.4, -0.2) is 21.5 Å². The van der Waals surface area contributed by atoms with Gasteiger partial charge in [-0.25, -0.2) is 4.98 Å². The molecule has 0 radical (unpaired) electrons. The molecule has 16 heavy (non-hydrogen) atoms. The second-order valence-corrected chi connectivity index (χ2v) is 3.24. The SMILES string of the molecule is CCNc1ncc(-c2ccccn2)c(N)n1. The molecule has 0 saturated carbocycles. The van der Waals surface area contributed by atoms with E-state index in [-0.39, 0.29) is 0 Å². The Labute approximate surface area is 93.8 Å². The van der Waals surface area contributed by atoms with Crippen LogP contribution in [-0.2, 0) is 0 Å². The highest BCUT2D eigenvalue weighted by Crippen LogP contribution is 2.21. The zero-order chi connectivity index (χ0) is 11.4. The van der Waals surface area contributed by atoms with Gasteiger partial charge in [0.15, 0.2) is 0 Å². The highest BCUT2D eigenvalue weighted by atomic mass is 15.1. The smallest absolute Gasteiger partial charge is 0.224 e. The molecule has 2 aromatic heterocycles. The zero-order valence-electron chi connectivity index (χ0n) is 9.01. The molecule has 5 nitrogen and oxygen atoms in total. The molecule has 2 heterocycles. The van der Waals surface area contributed by atoms with Gasteiger partial charge in [-0.1, -0.05) is 6.07 Å². The number of pyridine rings is 1. The third-order valence-electron chi connectivity index (χ3n) is 2.09. The molecular formula is C11H13N5. The van der Waals surface area contributed by atoms with Gasteiger partial charge < -0.3 is 11.1 Å². The lowest BCUT2D eigenvalue weighted by atomic mass is 10.2. The molecule has 0 fully saturated rings. The maximum atomic E-state index is 5.85. The minimum atomic E-state index is 0.435. The van der Waals surface area contributed by atoms with Crippen molar-refractivity contribution in [1.29, 1.82) is 0 Å². The van der Waals surface area contributed by atoms with E-state index in [9.17, 15) is 0 Å². The Bertz CT molecular complexity index is 469. The molecule has 0 spiro atoms. The summed E-state index contributed by atoms with van der Waals surface area (Å²) in [5.74, 6) is 0.976. The summed E-state index contributed by atoms with van der Waals surface area (Å²) in [5, 5.41) is 3.00. The second kappa shape index (κ2) is 4.57. The average molecular weight is 215 g/mol. The van der Waals surface area contributed by atoms with Crippen molar-refractivity contribution in [3.05, 3.63) is 30.6 Å². The number of hydrogen-bond donors (Lipinski definition) is 2. The van der Waals surface area contributed by atoms with E-state index in [2.05, 4.69) is 20.3 Å². The lowest BCUT2D eigenvalue weighted by Crippen LogP contribution is -2.05. The maximum absolute atomic E-state index is 5.85. The van der Waals surface area contributed by atoms with Crippen molar-refractivity contribution in [2.75, 3.05) is 17.6 Å². The van der Waals surface area contributed by atoms with E-state index in [1.54, 1.807) is 12.4 Å². The number of nitrogens with zero attached hydrogens (tertiary/aromatic N) is 3. The Hall–Kier alpha value is -2.17. The molecule has 2 rings (SSSR count). The van der Waals surface area contributed by atoms with Gasteiger partial charge >= 0.3 is 0 Å². The normalized spacial score (nSPS) is 10.1. The highest BCUT2D eigenvalue weighted by molar-refractivity contribution is 5.70. The number of aromatic nitrogens is 3. The van der Waals surface area contributed by atoms with Crippen molar-refractivity contribution in [2.24, 2.45) is 0 Å². The van der Waals surface area contributed by atoms with Crippen LogP contribution in [0.3, 0.4) is 0 Å². The second-order valence-electron chi connectivity index (χ2n) is 3.24. The van der Waals surface area contributed by atoms with Crippen molar-refractivity contribution < 1.29 is 0 Å². The first-order valence-electron chi connectivity index (χ1n) is 5.09. The maximum Gasteiger partial charge on any atom is 0.224 e. The molecule has 0 bridgehead atoms. The monoisotopic (exact) mass is 215 g/mol. The van der Waals surface area contributed by atoms with Crippen molar-refractivity contribution in [1.82, 2.24) is 15.0 Å². The lowest BCUT2D eigenvalue weighted by molar-refractivity contribution is 1.09. The fourth-order valence-electron chi connectivity index (χ4n) is 1.36. The minimum absolute atomic E-state index is 0.435. The molecule has 0 saturated heterocycles. The van der Waals surface area contributed by atoms with Gasteiger partial charge in [0.05, 0.1) is 11.3 Å². The minimum Gasteiger partial charge on any atom is -0.383 e. The number of rotatable bonds is 3. The fraction of sp³-hybridized carbons (Fsp3) is 0.182. The molecule has 0 aliphatic heterocycles. The van der Waals surface area contributed by atoms with E-state index in [0.29, 0.717) is 11.8 Å². The third kappa shape index (κ3) is 2.08. The topological polar surface area (TPSA) is 76.7 Å². The van der Waals surface area contributed by atoms with E-state index < -0.39 is 0 Å². The van der Waals surface area contributed by atoms with Crippen molar-refractivity contribution >= 4 is 11.8 Å². The van der Waals surface area contributed by atoms with E-state index in [0.717, 1.165) is 17.8 Å². The summed E-state index contributed by atoms with van der Waals surface area (Å²) >= 11 is 0.